The normalized spacial score (nSPS) is 16.8. The molecule has 5 rings (SSSR count). The molecule has 0 aliphatic carbocycles. The van der Waals surface area contributed by atoms with Crippen LogP contribution >= 0.6 is 0 Å². The van der Waals surface area contributed by atoms with Crippen LogP contribution in [0.3, 0.4) is 0 Å². The number of nitrogens with one attached hydrogen (secondary N) is 1. The third kappa shape index (κ3) is 5.22. The van der Waals surface area contributed by atoms with Gasteiger partial charge in [0.05, 0.1) is 12.0 Å². The number of fused-ring (bicyclic) bond motifs is 1. The number of para-hydroxylation sites is 1. The van der Waals surface area contributed by atoms with Crippen molar-refractivity contribution in [1.29, 1.82) is 0 Å². The zero-order chi connectivity index (χ0) is 24.3. The van der Waals surface area contributed by atoms with Crippen molar-refractivity contribution in [2.75, 3.05) is 51.5 Å². The summed E-state index contributed by atoms with van der Waals surface area (Å²) in [4.78, 5) is 4.89. The number of nitrogens with zero attached hydrogens (tertiary/aromatic N) is 2. The molecule has 0 radical (unpaired) electrons. The van der Waals surface area contributed by atoms with Crippen LogP contribution in [0, 0.1) is 0 Å². The molecular formula is C26H29N3O5S. The van der Waals surface area contributed by atoms with Gasteiger partial charge in [0.1, 0.15) is 5.75 Å². The van der Waals surface area contributed by atoms with Gasteiger partial charge in [-0.15, -0.1) is 0 Å². The summed E-state index contributed by atoms with van der Waals surface area (Å²) in [6, 6.07) is 22.4. The lowest BCUT2D eigenvalue weighted by atomic mass is 10.0. The monoisotopic (exact) mass is 495 g/mol. The number of hydrogen-bond acceptors (Lipinski definition) is 7. The first-order chi connectivity index (χ1) is 17.0. The molecule has 3 aromatic rings. The lowest BCUT2D eigenvalue weighted by molar-refractivity contribution is 0.173. The minimum absolute atomic E-state index is 0.157. The largest absolute Gasteiger partial charge is 0.497 e. The van der Waals surface area contributed by atoms with Crippen molar-refractivity contribution in [3.8, 4) is 17.2 Å². The maximum absolute atomic E-state index is 13.1. The number of ether oxygens (including phenoxy) is 3. The molecule has 1 saturated heterocycles. The fourth-order valence-corrected chi connectivity index (χ4v) is 5.57. The Labute approximate surface area is 206 Å². The van der Waals surface area contributed by atoms with E-state index in [1.165, 1.54) is 5.69 Å². The molecule has 1 N–H and O–H groups in total. The van der Waals surface area contributed by atoms with Crippen molar-refractivity contribution < 1.29 is 22.6 Å². The Balaban J connectivity index is 1.34. The number of piperazine rings is 1. The number of anilines is 1. The summed E-state index contributed by atoms with van der Waals surface area (Å²) in [5.41, 5.74) is 2.19. The SMILES string of the molecule is COc1ccc(S(=O)(=O)NC[C@H](c2ccc3c(c2)OCO3)N2CCN(c3ccccc3)CC2)cc1. The van der Waals surface area contributed by atoms with Gasteiger partial charge in [-0.3, -0.25) is 4.90 Å². The predicted molar refractivity (Wildman–Crippen MR) is 134 cm³/mol. The van der Waals surface area contributed by atoms with Crippen molar-refractivity contribution in [2.45, 2.75) is 10.9 Å². The first kappa shape index (κ1) is 23.5. The predicted octanol–water partition coefficient (Wildman–Crippen LogP) is 3.27. The first-order valence-corrected chi connectivity index (χ1v) is 13.1. The zero-order valence-electron chi connectivity index (χ0n) is 19.6. The van der Waals surface area contributed by atoms with Gasteiger partial charge in [0.25, 0.3) is 0 Å². The van der Waals surface area contributed by atoms with Crippen molar-refractivity contribution in [3.63, 3.8) is 0 Å². The lowest BCUT2D eigenvalue weighted by Crippen LogP contribution is -2.49. The summed E-state index contributed by atoms with van der Waals surface area (Å²) in [6.45, 7) is 3.76. The van der Waals surface area contributed by atoms with Gasteiger partial charge in [-0.25, -0.2) is 13.1 Å². The van der Waals surface area contributed by atoms with Crippen LogP contribution in [0.25, 0.3) is 0 Å². The molecule has 1 fully saturated rings. The Morgan fingerprint density at radius 1 is 0.914 bits per heavy atom. The van der Waals surface area contributed by atoms with E-state index in [2.05, 4.69) is 26.7 Å². The summed E-state index contributed by atoms with van der Waals surface area (Å²) in [6.07, 6.45) is 0. The number of hydrogen-bond donors (Lipinski definition) is 1. The van der Waals surface area contributed by atoms with Gasteiger partial charge < -0.3 is 19.1 Å². The van der Waals surface area contributed by atoms with Gasteiger partial charge >= 0.3 is 0 Å². The summed E-state index contributed by atoms with van der Waals surface area (Å²) in [7, 11) is -2.14. The van der Waals surface area contributed by atoms with E-state index >= 15 is 0 Å². The van der Waals surface area contributed by atoms with Crippen LogP contribution in [-0.2, 0) is 10.0 Å². The molecule has 0 aromatic heterocycles. The van der Waals surface area contributed by atoms with E-state index in [1.54, 1.807) is 31.4 Å². The van der Waals surface area contributed by atoms with Crippen LogP contribution in [0.5, 0.6) is 17.2 Å². The molecular weight excluding hydrogens is 466 g/mol. The van der Waals surface area contributed by atoms with Gasteiger partial charge in [-0.2, -0.15) is 0 Å². The van der Waals surface area contributed by atoms with Gasteiger partial charge in [0.2, 0.25) is 16.8 Å². The second kappa shape index (κ2) is 10.2. The summed E-state index contributed by atoms with van der Waals surface area (Å²) in [5, 5.41) is 0. The summed E-state index contributed by atoms with van der Waals surface area (Å²) < 4.78 is 45.1. The lowest BCUT2D eigenvalue weighted by Gasteiger charge is -2.40. The Bertz CT molecular complexity index is 1240. The van der Waals surface area contributed by atoms with E-state index in [0.29, 0.717) is 17.2 Å². The van der Waals surface area contributed by atoms with Crippen molar-refractivity contribution >= 4 is 15.7 Å². The Morgan fingerprint density at radius 2 is 1.63 bits per heavy atom. The minimum Gasteiger partial charge on any atom is -0.497 e. The molecule has 0 unspecified atom stereocenters. The van der Waals surface area contributed by atoms with Crippen LogP contribution < -0.4 is 23.8 Å². The van der Waals surface area contributed by atoms with E-state index in [4.69, 9.17) is 14.2 Å². The first-order valence-electron chi connectivity index (χ1n) is 11.6. The molecule has 0 amide bonds. The fraction of sp³-hybridized carbons (Fsp3) is 0.308. The summed E-state index contributed by atoms with van der Waals surface area (Å²) in [5.74, 6) is 2.01. The highest BCUT2D eigenvalue weighted by Crippen LogP contribution is 2.36. The van der Waals surface area contributed by atoms with E-state index in [0.717, 1.165) is 31.7 Å². The molecule has 2 aliphatic heterocycles. The Kier molecular flexibility index (Phi) is 6.81. The van der Waals surface area contributed by atoms with Gasteiger partial charge in [0, 0.05) is 44.5 Å². The fourth-order valence-electron chi connectivity index (χ4n) is 4.54. The van der Waals surface area contributed by atoms with Crippen molar-refractivity contribution in [1.82, 2.24) is 9.62 Å². The molecule has 184 valence electrons. The molecule has 9 heteroatoms. The maximum Gasteiger partial charge on any atom is 0.240 e. The second-order valence-corrected chi connectivity index (χ2v) is 10.3. The van der Waals surface area contributed by atoms with E-state index < -0.39 is 10.0 Å². The van der Waals surface area contributed by atoms with Crippen molar-refractivity contribution in [3.05, 3.63) is 78.4 Å². The Morgan fingerprint density at radius 3 is 2.34 bits per heavy atom. The maximum atomic E-state index is 13.1. The molecule has 2 aliphatic rings. The quantitative estimate of drug-likeness (QED) is 0.514. The highest BCUT2D eigenvalue weighted by Gasteiger charge is 2.28. The number of rotatable bonds is 8. The Hall–Kier alpha value is -3.27. The number of sulfonamides is 1. The van der Waals surface area contributed by atoms with Crippen molar-refractivity contribution in [2.24, 2.45) is 0 Å². The summed E-state index contributed by atoms with van der Waals surface area (Å²) >= 11 is 0. The average Bonchev–Trinajstić information content (AvgIpc) is 3.38. The number of methoxy groups -OCH3 is 1. The third-order valence-electron chi connectivity index (χ3n) is 6.49. The van der Waals surface area contributed by atoms with Gasteiger partial charge in [-0.1, -0.05) is 24.3 Å². The minimum atomic E-state index is -3.69. The molecule has 35 heavy (non-hydrogen) atoms. The van der Waals surface area contributed by atoms with Crippen LogP contribution in [0.4, 0.5) is 5.69 Å². The molecule has 1 atom stereocenters. The van der Waals surface area contributed by atoms with Gasteiger partial charge in [-0.05, 0) is 54.1 Å². The zero-order valence-corrected chi connectivity index (χ0v) is 20.4. The molecule has 3 aromatic carbocycles. The third-order valence-corrected chi connectivity index (χ3v) is 7.93. The second-order valence-electron chi connectivity index (χ2n) is 8.51. The highest BCUT2D eigenvalue weighted by molar-refractivity contribution is 7.89. The molecule has 8 nitrogen and oxygen atoms in total. The van der Waals surface area contributed by atoms with E-state index in [9.17, 15) is 8.42 Å². The van der Waals surface area contributed by atoms with Crippen LogP contribution in [0.2, 0.25) is 0 Å². The number of benzene rings is 3. The van der Waals surface area contributed by atoms with Gasteiger partial charge in [0.15, 0.2) is 11.5 Å². The highest BCUT2D eigenvalue weighted by atomic mass is 32.2. The van der Waals surface area contributed by atoms with Crippen LogP contribution in [0.15, 0.2) is 77.7 Å². The molecule has 2 heterocycles. The average molecular weight is 496 g/mol. The van der Waals surface area contributed by atoms with E-state index in [-0.39, 0.29) is 24.3 Å². The molecule has 0 saturated carbocycles. The van der Waals surface area contributed by atoms with E-state index in [1.807, 2.05) is 36.4 Å². The molecule has 0 spiro atoms. The smallest absolute Gasteiger partial charge is 0.240 e. The topological polar surface area (TPSA) is 80.3 Å². The molecule has 0 bridgehead atoms. The van der Waals surface area contributed by atoms with Crippen LogP contribution in [-0.4, -0.2) is 59.9 Å². The van der Waals surface area contributed by atoms with Crippen LogP contribution in [0.1, 0.15) is 11.6 Å². The standard InChI is InChI=1S/C26H29N3O5S/c1-32-22-8-10-23(11-9-22)35(30,31)27-18-24(20-7-12-25-26(17-20)34-19-33-25)29-15-13-28(14-16-29)21-5-3-2-4-6-21/h2-12,17,24,27H,13-16,18-19H2,1H3/t24-/m1/s1.